The molecule has 30 heavy (non-hydrogen) atoms. The fourth-order valence-corrected chi connectivity index (χ4v) is 5.84. The summed E-state index contributed by atoms with van der Waals surface area (Å²) in [4.78, 5) is 32.3. The molecule has 1 aliphatic rings. The second kappa shape index (κ2) is 11.3. The van der Waals surface area contributed by atoms with Crippen LogP contribution in [-0.2, 0) is 16.1 Å². The van der Waals surface area contributed by atoms with Crippen LogP contribution in [0.3, 0.4) is 0 Å². The molecular weight excluding hydrogens is 418 g/mol. The lowest BCUT2D eigenvalue weighted by molar-refractivity contribution is -0.118. The van der Waals surface area contributed by atoms with Crippen molar-refractivity contribution < 1.29 is 9.53 Å². The minimum Gasteiger partial charge on any atom is -0.382 e. The topological polar surface area (TPSA) is 73.2 Å². The molecule has 1 fully saturated rings. The van der Waals surface area contributed by atoms with Crippen LogP contribution in [0, 0.1) is 19.8 Å². The molecule has 0 spiro atoms. The molecule has 0 bridgehead atoms. The molecule has 0 aromatic carbocycles. The van der Waals surface area contributed by atoms with E-state index in [4.69, 9.17) is 9.72 Å². The van der Waals surface area contributed by atoms with E-state index in [0.717, 1.165) is 28.2 Å². The second-order valence-corrected chi connectivity index (χ2v) is 10.1. The third kappa shape index (κ3) is 5.86. The number of thioether (sulfide) groups is 1. The molecule has 166 valence electrons. The first-order valence-corrected chi connectivity index (χ1v) is 12.8. The molecule has 8 heteroatoms. The lowest BCUT2D eigenvalue weighted by Gasteiger charge is -2.21. The zero-order chi connectivity index (χ0) is 21.5. The van der Waals surface area contributed by atoms with Crippen molar-refractivity contribution in [3.63, 3.8) is 0 Å². The van der Waals surface area contributed by atoms with E-state index in [1.165, 1.54) is 43.9 Å². The van der Waals surface area contributed by atoms with Crippen LogP contribution in [0.2, 0.25) is 0 Å². The maximum Gasteiger partial charge on any atom is 0.263 e. The Hall–Kier alpha value is -1.38. The van der Waals surface area contributed by atoms with E-state index in [2.05, 4.69) is 5.32 Å². The van der Waals surface area contributed by atoms with Gasteiger partial charge in [-0.2, -0.15) is 0 Å². The Morgan fingerprint density at radius 2 is 2.07 bits per heavy atom. The van der Waals surface area contributed by atoms with Gasteiger partial charge in [0.1, 0.15) is 4.83 Å². The van der Waals surface area contributed by atoms with Crippen LogP contribution in [0.5, 0.6) is 0 Å². The van der Waals surface area contributed by atoms with Crippen molar-refractivity contribution >= 4 is 39.2 Å². The summed E-state index contributed by atoms with van der Waals surface area (Å²) in [6.07, 6.45) is 7.02. The number of carbonyl (C=O) groups excluding carboxylic acids is 1. The molecule has 0 unspecified atom stereocenters. The van der Waals surface area contributed by atoms with Crippen molar-refractivity contribution in [3.05, 3.63) is 20.8 Å². The van der Waals surface area contributed by atoms with E-state index in [-0.39, 0.29) is 17.2 Å². The summed E-state index contributed by atoms with van der Waals surface area (Å²) in [6.45, 7) is 8.54. The van der Waals surface area contributed by atoms with Crippen LogP contribution in [-0.4, -0.2) is 41.0 Å². The molecular formula is C22H33N3O3S2. The lowest BCUT2D eigenvalue weighted by atomic mass is 9.89. The van der Waals surface area contributed by atoms with Gasteiger partial charge in [0.25, 0.3) is 5.56 Å². The number of aryl methyl sites for hydroxylation is 2. The number of amides is 1. The fourth-order valence-electron chi connectivity index (χ4n) is 3.92. The summed E-state index contributed by atoms with van der Waals surface area (Å²) in [5.74, 6) is 0.898. The Labute approximate surface area is 186 Å². The zero-order valence-corrected chi connectivity index (χ0v) is 19.9. The molecule has 1 N–H and O–H groups in total. The maximum absolute atomic E-state index is 13.2. The molecule has 1 aliphatic carbocycles. The molecule has 2 aromatic rings. The number of hydrogen-bond donors (Lipinski definition) is 1. The number of rotatable bonds is 10. The van der Waals surface area contributed by atoms with Crippen LogP contribution < -0.4 is 10.9 Å². The van der Waals surface area contributed by atoms with Gasteiger partial charge in [0.2, 0.25) is 5.91 Å². The first-order valence-electron chi connectivity index (χ1n) is 11.0. The van der Waals surface area contributed by atoms with Gasteiger partial charge in [-0.25, -0.2) is 4.98 Å². The monoisotopic (exact) mass is 451 g/mol. The highest BCUT2D eigenvalue weighted by molar-refractivity contribution is 7.99. The summed E-state index contributed by atoms with van der Waals surface area (Å²) in [5, 5.41) is 4.41. The molecule has 3 rings (SSSR count). The molecule has 2 heterocycles. The summed E-state index contributed by atoms with van der Waals surface area (Å²) >= 11 is 2.90. The van der Waals surface area contributed by atoms with Gasteiger partial charge < -0.3 is 10.1 Å². The highest BCUT2D eigenvalue weighted by Gasteiger charge is 2.18. The summed E-state index contributed by atoms with van der Waals surface area (Å²) in [7, 11) is 0. The molecule has 1 saturated carbocycles. The molecule has 0 aliphatic heterocycles. The molecule has 2 aromatic heterocycles. The van der Waals surface area contributed by atoms with E-state index in [0.29, 0.717) is 36.2 Å². The Morgan fingerprint density at radius 1 is 1.30 bits per heavy atom. The zero-order valence-electron chi connectivity index (χ0n) is 18.3. The molecule has 1 amide bonds. The summed E-state index contributed by atoms with van der Waals surface area (Å²) < 4.78 is 7.16. The Balaban J connectivity index is 1.70. The largest absolute Gasteiger partial charge is 0.382 e. The third-order valence-corrected chi connectivity index (χ3v) is 7.85. The first kappa shape index (κ1) is 23.3. The van der Waals surface area contributed by atoms with Crippen molar-refractivity contribution in [3.8, 4) is 0 Å². The third-order valence-electron chi connectivity index (χ3n) is 5.77. The number of hydrogen-bond acceptors (Lipinski definition) is 6. The molecule has 6 nitrogen and oxygen atoms in total. The van der Waals surface area contributed by atoms with Crippen molar-refractivity contribution in [2.75, 3.05) is 25.5 Å². The van der Waals surface area contributed by atoms with E-state index in [1.54, 1.807) is 15.9 Å². The Morgan fingerprint density at radius 3 is 2.80 bits per heavy atom. The number of ether oxygens (including phenoxy) is 1. The maximum atomic E-state index is 13.2. The van der Waals surface area contributed by atoms with E-state index < -0.39 is 0 Å². The van der Waals surface area contributed by atoms with Crippen molar-refractivity contribution in [1.82, 2.24) is 14.9 Å². The van der Waals surface area contributed by atoms with Crippen molar-refractivity contribution in [1.29, 1.82) is 0 Å². The van der Waals surface area contributed by atoms with Crippen LogP contribution in [0.15, 0.2) is 9.95 Å². The Kier molecular flexibility index (Phi) is 8.77. The van der Waals surface area contributed by atoms with E-state index in [1.807, 2.05) is 20.8 Å². The minimum absolute atomic E-state index is 0.0107. The van der Waals surface area contributed by atoms with Crippen LogP contribution in [0.25, 0.3) is 10.2 Å². The lowest BCUT2D eigenvalue weighted by Crippen LogP contribution is -2.32. The van der Waals surface area contributed by atoms with Crippen molar-refractivity contribution in [2.24, 2.45) is 5.92 Å². The number of nitrogens with one attached hydrogen (secondary N) is 1. The number of fused-ring (bicyclic) bond motifs is 1. The smallest absolute Gasteiger partial charge is 0.263 e. The number of thiophene rings is 1. The van der Waals surface area contributed by atoms with Gasteiger partial charge >= 0.3 is 0 Å². The van der Waals surface area contributed by atoms with Crippen LogP contribution in [0.4, 0.5) is 0 Å². The normalized spacial score (nSPS) is 15.0. The minimum atomic E-state index is -0.0107. The molecule has 0 radical (unpaired) electrons. The predicted octanol–water partition coefficient (Wildman–Crippen LogP) is 4.29. The van der Waals surface area contributed by atoms with Gasteiger partial charge in [0, 0.05) is 31.2 Å². The SMILES string of the molecule is CCOCCCn1c(SCC(=O)NCC2CCCCC2)nc2sc(C)c(C)c2c1=O. The van der Waals surface area contributed by atoms with E-state index in [9.17, 15) is 9.59 Å². The van der Waals surface area contributed by atoms with E-state index >= 15 is 0 Å². The predicted molar refractivity (Wildman–Crippen MR) is 125 cm³/mol. The average molecular weight is 452 g/mol. The van der Waals surface area contributed by atoms with Crippen molar-refractivity contribution in [2.45, 2.75) is 71.0 Å². The summed E-state index contributed by atoms with van der Waals surface area (Å²) in [5.41, 5.74) is 0.997. The van der Waals surface area contributed by atoms with Gasteiger partial charge in [-0.15, -0.1) is 11.3 Å². The standard InChI is InChI=1S/C22H33N3O3S2/c1-4-28-12-8-11-25-21(27)19-15(2)16(3)30-20(19)24-22(25)29-14-18(26)23-13-17-9-6-5-7-10-17/h17H,4-14H2,1-3H3,(H,23,26). The molecule has 0 atom stereocenters. The summed E-state index contributed by atoms with van der Waals surface area (Å²) in [6, 6.07) is 0. The van der Waals surface area contributed by atoms with Gasteiger partial charge in [0.05, 0.1) is 11.1 Å². The quantitative estimate of drug-likeness (QED) is 0.331. The average Bonchev–Trinajstić information content (AvgIpc) is 3.04. The second-order valence-electron chi connectivity index (χ2n) is 7.96. The van der Waals surface area contributed by atoms with Gasteiger partial charge in [-0.3, -0.25) is 14.2 Å². The Bertz CT molecular complexity index is 916. The van der Waals surface area contributed by atoms with Crippen LogP contribution in [0.1, 0.15) is 55.9 Å². The van der Waals surface area contributed by atoms with Gasteiger partial charge in [-0.05, 0) is 51.5 Å². The van der Waals surface area contributed by atoms with Gasteiger partial charge in [0.15, 0.2) is 5.16 Å². The van der Waals surface area contributed by atoms with Gasteiger partial charge in [-0.1, -0.05) is 31.0 Å². The highest BCUT2D eigenvalue weighted by Crippen LogP contribution is 2.28. The number of carbonyl (C=O) groups is 1. The first-order chi connectivity index (χ1) is 14.5. The number of nitrogens with zero attached hydrogens (tertiary/aromatic N) is 2. The highest BCUT2D eigenvalue weighted by atomic mass is 32.2. The number of aromatic nitrogens is 2. The fraction of sp³-hybridized carbons (Fsp3) is 0.682. The molecule has 0 saturated heterocycles. The van der Waals surface area contributed by atoms with Crippen LogP contribution >= 0.6 is 23.1 Å².